The van der Waals surface area contributed by atoms with E-state index in [0.717, 1.165) is 23.5 Å². The highest BCUT2D eigenvalue weighted by molar-refractivity contribution is 5.67. The Morgan fingerprint density at radius 3 is 2.58 bits per heavy atom. The van der Waals surface area contributed by atoms with Gasteiger partial charge in [0, 0.05) is 25.2 Å². The number of aryl methyl sites for hydroxylation is 3. The number of aliphatic carboxylic acids is 1. The van der Waals surface area contributed by atoms with Gasteiger partial charge in [-0.2, -0.15) is 0 Å². The van der Waals surface area contributed by atoms with Gasteiger partial charge in [0.2, 0.25) is 0 Å². The second-order valence-electron chi connectivity index (χ2n) is 4.61. The van der Waals surface area contributed by atoms with Crippen LogP contribution in [0.3, 0.4) is 0 Å². The van der Waals surface area contributed by atoms with Gasteiger partial charge in [-0.25, -0.2) is 4.98 Å². The number of imidazole rings is 1. The summed E-state index contributed by atoms with van der Waals surface area (Å²) in [4.78, 5) is 15.1. The molecule has 1 aromatic carbocycles. The summed E-state index contributed by atoms with van der Waals surface area (Å²) in [5.41, 5.74) is 3.17. The summed E-state index contributed by atoms with van der Waals surface area (Å²) in [6.45, 7) is 2.12. The average Bonchev–Trinajstić information content (AvgIpc) is 2.78. The van der Waals surface area contributed by atoms with E-state index in [9.17, 15) is 4.79 Å². The molecule has 100 valence electrons. The quantitative estimate of drug-likeness (QED) is 0.897. The Morgan fingerprint density at radius 1 is 1.32 bits per heavy atom. The van der Waals surface area contributed by atoms with Gasteiger partial charge in [0.15, 0.2) is 0 Å². The van der Waals surface area contributed by atoms with Gasteiger partial charge in [-0.05, 0) is 12.0 Å². The molecule has 0 aliphatic heterocycles. The third kappa shape index (κ3) is 3.22. The number of benzene rings is 1. The Bertz CT molecular complexity index is 570. The van der Waals surface area contributed by atoms with Crippen molar-refractivity contribution in [3.05, 3.63) is 41.7 Å². The lowest BCUT2D eigenvalue weighted by Crippen LogP contribution is -1.97. The van der Waals surface area contributed by atoms with Crippen LogP contribution in [0.4, 0.5) is 0 Å². The first-order valence-corrected chi connectivity index (χ1v) is 6.43. The van der Waals surface area contributed by atoms with Gasteiger partial charge in [-0.1, -0.05) is 31.2 Å². The number of carboxylic acids is 1. The predicted octanol–water partition coefficient (Wildman–Crippen LogP) is 2.67. The summed E-state index contributed by atoms with van der Waals surface area (Å²) in [6, 6.07) is 8.31. The average molecular weight is 258 g/mol. The van der Waals surface area contributed by atoms with Gasteiger partial charge in [0.1, 0.15) is 5.82 Å². The molecule has 0 radical (unpaired) electrons. The minimum atomic E-state index is -0.792. The summed E-state index contributed by atoms with van der Waals surface area (Å²) >= 11 is 0. The molecule has 1 heterocycles. The minimum Gasteiger partial charge on any atom is -0.481 e. The molecule has 4 nitrogen and oxygen atoms in total. The largest absolute Gasteiger partial charge is 0.481 e. The van der Waals surface area contributed by atoms with Crippen LogP contribution in [0.1, 0.15) is 24.6 Å². The van der Waals surface area contributed by atoms with Gasteiger partial charge < -0.3 is 9.67 Å². The molecule has 4 heteroatoms. The molecule has 0 aliphatic carbocycles. The van der Waals surface area contributed by atoms with Crippen molar-refractivity contribution >= 4 is 5.97 Å². The predicted molar refractivity (Wildman–Crippen MR) is 74.0 cm³/mol. The number of carbonyl (C=O) groups is 1. The molecule has 1 aromatic heterocycles. The molecule has 0 saturated heterocycles. The van der Waals surface area contributed by atoms with E-state index in [2.05, 4.69) is 36.2 Å². The zero-order valence-electron chi connectivity index (χ0n) is 11.3. The smallest absolute Gasteiger partial charge is 0.303 e. The lowest BCUT2D eigenvalue weighted by molar-refractivity contribution is -0.136. The number of nitrogens with zero attached hydrogens (tertiary/aromatic N) is 2. The van der Waals surface area contributed by atoms with E-state index in [0.29, 0.717) is 6.42 Å². The van der Waals surface area contributed by atoms with E-state index in [1.807, 2.05) is 17.8 Å². The summed E-state index contributed by atoms with van der Waals surface area (Å²) in [7, 11) is 1.93. The normalized spacial score (nSPS) is 10.6. The fourth-order valence-corrected chi connectivity index (χ4v) is 2.04. The summed E-state index contributed by atoms with van der Waals surface area (Å²) in [5, 5.41) is 8.69. The Hall–Kier alpha value is -2.10. The number of carboxylic acid groups (broad SMARTS) is 1. The van der Waals surface area contributed by atoms with Crippen LogP contribution in [0, 0.1) is 0 Å². The standard InChI is InChI=1S/C15H18N2O2/c1-3-11-4-6-12(7-5-11)15-16-13(10-17(15)2)8-9-14(18)19/h4-7,10H,3,8-9H2,1-2H3,(H,18,19). The molecular weight excluding hydrogens is 240 g/mol. The summed E-state index contributed by atoms with van der Waals surface area (Å²) in [5.74, 6) is 0.0857. The highest BCUT2D eigenvalue weighted by atomic mass is 16.4. The van der Waals surface area contributed by atoms with Gasteiger partial charge in [-0.3, -0.25) is 4.79 Å². The number of hydrogen-bond acceptors (Lipinski definition) is 2. The lowest BCUT2D eigenvalue weighted by atomic mass is 10.1. The van der Waals surface area contributed by atoms with Crippen molar-refractivity contribution < 1.29 is 9.90 Å². The third-order valence-corrected chi connectivity index (χ3v) is 3.14. The first kappa shape index (κ1) is 13.3. The number of hydrogen-bond donors (Lipinski definition) is 1. The van der Waals surface area contributed by atoms with Crippen LogP contribution < -0.4 is 0 Å². The Kier molecular flexibility index (Phi) is 4.00. The molecule has 2 rings (SSSR count). The second-order valence-corrected chi connectivity index (χ2v) is 4.61. The molecular formula is C15H18N2O2. The van der Waals surface area contributed by atoms with Gasteiger partial charge in [0.25, 0.3) is 0 Å². The molecule has 0 saturated carbocycles. The Balaban J connectivity index is 2.21. The topological polar surface area (TPSA) is 55.1 Å². The maximum absolute atomic E-state index is 10.6. The van der Waals surface area contributed by atoms with Crippen molar-refractivity contribution in [3.63, 3.8) is 0 Å². The Labute approximate surface area is 112 Å². The van der Waals surface area contributed by atoms with Crippen molar-refractivity contribution in [2.45, 2.75) is 26.2 Å². The molecule has 2 aromatic rings. The van der Waals surface area contributed by atoms with Crippen molar-refractivity contribution in [1.82, 2.24) is 9.55 Å². The first-order chi connectivity index (χ1) is 9.10. The van der Waals surface area contributed by atoms with Gasteiger partial charge >= 0.3 is 5.97 Å². The molecule has 0 spiro atoms. The van der Waals surface area contributed by atoms with Crippen LogP contribution in [0.15, 0.2) is 30.5 Å². The molecule has 0 unspecified atom stereocenters. The number of rotatable bonds is 5. The van der Waals surface area contributed by atoms with Crippen molar-refractivity contribution in [3.8, 4) is 11.4 Å². The van der Waals surface area contributed by atoms with E-state index in [-0.39, 0.29) is 6.42 Å². The number of aromatic nitrogens is 2. The van der Waals surface area contributed by atoms with Crippen LogP contribution in [0.25, 0.3) is 11.4 Å². The monoisotopic (exact) mass is 258 g/mol. The molecule has 1 N–H and O–H groups in total. The van der Waals surface area contributed by atoms with Crippen molar-refractivity contribution in [2.75, 3.05) is 0 Å². The van der Waals surface area contributed by atoms with Crippen molar-refractivity contribution in [2.24, 2.45) is 7.05 Å². The molecule has 0 fully saturated rings. The zero-order valence-corrected chi connectivity index (χ0v) is 11.3. The molecule has 0 bridgehead atoms. The van der Waals surface area contributed by atoms with E-state index in [1.165, 1.54) is 5.56 Å². The van der Waals surface area contributed by atoms with Crippen LogP contribution in [0.5, 0.6) is 0 Å². The minimum absolute atomic E-state index is 0.116. The lowest BCUT2D eigenvalue weighted by Gasteiger charge is -2.02. The first-order valence-electron chi connectivity index (χ1n) is 6.43. The summed E-state index contributed by atoms with van der Waals surface area (Å²) in [6.07, 6.45) is 3.50. The van der Waals surface area contributed by atoms with Crippen LogP contribution in [0.2, 0.25) is 0 Å². The van der Waals surface area contributed by atoms with E-state index in [4.69, 9.17) is 5.11 Å². The highest BCUT2D eigenvalue weighted by Crippen LogP contribution is 2.19. The third-order valence-electron chi connectivity index (χ3n) is 3.14. The van der Waals surface area contributed by atoms with E-state index < -0.39 is 5.97 Å². The SMILES string of the molecule is CCc1ccc(-c2nc(CCC(=O)O)cn2C)cc1. The summed E-state index contributed by atoms with van der Waals surface area (Å²) < 4.78 is 1.94. The highest BCUT2D eigenvalue weighted by Gasteiger charge is 2.09. The van der Waals surface area contributed by atoms with Crippen LogP contribution in [-0.2, 0) is 24.7 Å². The maximum Gasteiger partial charge on any atom is 0.303 e. The molecule has 0 atom stereocenters. The van der Waals surface area contributed by atoms with Crippen LogP contribution >= 0.6 is 0 Å². The molecule has 0 amide bonds. The fourth-order valence-electron chi connectivity index (χ4n) is 2.04. The second kappa shape index (κ2) is 5.69. The fraction of sp³-hybridized carbons (Fsp3) is 0.333. The van der Waals surface area contributed by atoms with Crippen molar-refractivity contribution in [1.29, 1.82) is 0 Å². The van der Waals surface area contributed by atoms with Gasteiger partial charge in [-0.15, -0.1) is 0 Å². The maximum atomic E-state index is 10.6. The molecule has 19 heavy (non-hydrogen) atoms. The van der Waals surface area contributed by atoms with E-state index >= 15 is 0 Å². The molecule has 0 aliphatic rings. The zero-order chi connectivity index (χ0) is 13.8. The van der Waals surface area contributed by atoms with Gasteiger partial charge in [0.05, 0.1) is 12.1 Å². The van der Waals surface area contributed by atoms with Crippen LogP contribution in [-0.4, -0.2) is 20.6 Å². The Morgan fingerprint density at radius 2 is 2.00 bits per heavy atom. The van der Waals surface area contributed by atoms with E-state index in [1.54, 1.807) is 0 Å².